The summed E-state index contributed by atoms with van der Waals surface area (Å²) in [5.41, 5.74) is 0.973. The van der Waals surface area contributed by atoms with Crippen molar-refractivity contribution in [3.8, 4) is 0 Å². The van der Waals surface area contributed by atoms with Crippen LogP contribution in [-0.2, 0) is 0 Å². The Labute approximate surface area is 132 Å². The number of benzene rings is 2. The van der Waals surface area contributed by atoms with Gasteiger partial charge in [0.15, 0.2) is 0 Å². The van der Waals surface area contributed by atoms with Crippen LogP contribution in [0.2, 0.25) is 0 Å². The van der Waals surface area contributed by atoms with Crippen LogP contribution >= 0.6 is 27.7 Å². The molecular weight excluding hydrogens is 337 g/mol. The molecule has 0 radical (unpaired) electrons. The number of nitrogens with one attached hydrogen (secondary N) is 1. The SMILES string of the molecule is CCNC(C)c1ccc(Sc2ccccc2Br)c(F)c1. The fraction of sp³-hybridized carbons (Fsp3) is 0.250. The maximum absolute atomic E-state index is 14.2. The minimum absolute atomic E-state index is 0.164. The van der Waals surface area contributed by atoms with E-state index in [0.29, 0.717) is 4.90 Å². The molecule has 0 saturated carbocycles. The summed E-state index contributed by atoms with van der Waals surface area (Å²) in [7, 11) is 0. The third-order valence-corrected chi connectivity index (χ3v) is 5.10. The smallest absolute Gasteiger partial charge is 0.137 e. The van der Waals surface area contributed by atoms with Crippen molar-refractivity contribution in [2.24, 2.45) is 0 Å². The van der Waals surface area contributed by atoms with E-state index in [2.05, 4.69) is 21.2 Å². The van der Waals surface area contributed by atoms with Crippen LogP contribution in [0, 0.1) is 5.82 Å². The standard InChI is InChI=1S/C16H17BrFNS/c1-3-19-11(2)12-8-9-16(14(18)10-12)20-15-7-5-4-6-13(15)17/h4-11,19H,3H2,1-2H3. The zero-order valence-electron chi connectivity index (χ0n) is 11.5. The molecule has 1 atom stereocenters. The van der Waals surface area contributed by atoms with E-state index in [1.54, 1.807) is 6.07 Å². The summed E-state index contributed by atoms with van der Waals surface area (Å²) >= 11 is 4.92. The molecule has 106 valence electrons. The highest BCUT2D eigenvalue weighted by Gasteiger charge is 2.10. The second-order valence-corrected chi connectivity index (χ2v) is 6.44. The van der Waals surface area contributed by atoms with Crippen LogP contribution in [0.1, 0.15) is 25.5 Å². The van der Waals surface area contributed by atoms with Gasteiger partial charge >= 0.3 is 0 Å². The highest BCUT2D eigenvalue weighted by atomic mass is 79.9. The van der Waals surface area contributed by atoms with Crippen LogP contribution in [-0.4, -0.2) is 6.54 Å². The first kappa shape index (κ1) is 15.5. The Morgan fingerprint density at radius 3 is 2.60 bits per heavy atom. The molecule has 0 aliphatic heterocycles. The van der Waals surface area contributed by atoms with Crippen molar-refractivity contribution >= 4 is 27.7 Å². The van der Waals surface area contributed by atoms with E-state index in [0.717, 1.165) is 21.5 Å². The Hall–Kier alpha value is -0.840. The van der Waals surface area contributed by atoms with Crippen LogP contribution < -0.4 is 5.32 Å². The van der Waals surface area contributed by atoms with Crippen LogP contribution in [0.15, 0.2) is 56.7 Å². The molecule has 0 heterocycles. The van der Waals surface area contributed by atoms with Crippen LogP contribution in [0.3, 0.4) is 0 Å². The van der Waals surface area contributed by atoms with Crippen molar-refractivity contribution in [3.05, 3.63) is 58.3 Å². The van der Waals surface area contributed by atoms with Gasteiger partial charge in [0.2, 0.25) is 0 Å². The van der Waals surface area contributed by atoms with Gasteiger partial charge in [-0.2, -0.15) is 0 Å². The molecule has 0 fully saturated rings. The first-order valence-corrected chi connectivity index (χ1v) is 8.18. The molecule has 0 bridgehead atoms. The Morgan fingerprint density at radius 1 is 1.20 bits per heavy atom. The molecule has 1 unspecified atom stereocenters. The van der Waals surface area contributed by atoms with Gasteiger partial charge in [-0.1, -0.05) is 36.9 Å². The van der Waals surface area contributed by atoms with Crippen molar-refractivity contribution < 1.29 is 4.39 Å². The fourth-order valence-corrected chi connectivity index (χ4v) is 3.31. The van der Waals surface area contributed by atoms with E-state index in [4.69, 9.17) is 0 Å². The minimum atomic E-state index is -0.173. The first-order valence-electron chi connectivity index (χ1n) is 6.57. The molecule has 2 aromatic carbocycles. The Bertz CT molecular complexity index is 588. The summed E-state index contributed by atoms with van der Waals surface area (Å²) in [6, 6.07) is 13.4. The summed E-state index contributed by atoms with van der Waals surface area (Å²) in [5, 5.41) is 3.29. The average molecular weight is 354 g/mol. The molecule has 20 heavy (non-hydrogen) atoms. The highest BCUT2D eigenvalue weighted by Crippen LogP contribution is 2.35. The van der Waals surface area contributed by atoms with Gasteiger partial charge in [-0.3, -0.25) is 0 Å². The van der Waals surface area contributed by atoms with E-state index in [1.165, 1.54) is 11.8 Å². The predicted octanol–water partition coefficient (Wildman–Crippen LogP) is 5.41. The number of hydrogen-bond acceptors (Lipinski definition) is 2. The van der Waals surface area contributed by atoms with E-state index in [-0.39, 0.29) is 11.9 Å². The van der Waals surface area contributed by atoms with Gasteiger partial charge in [-0.15, -0.1) is 0 Å². The second kappa shape index (κ2) is 7.25. The van der Waals surface area contributed by atoms with Gasteiger partial charge in [-0.05, 0) is 59.2 Å². The maximum Gasteiger partial charge on any atom is 0.137 e. The lowest BCUT2D eigenvalue weighted by atomic mass is 10.1. The van der Waals surface area contributed by atoms with Gasteiger partial charge in [0.1, 0.15) is 5.82 Å². The monoisotopic (exact) mass is 353 g/mol. The lowest BCUT2D eigenvalue weighted by Gasteiger charge is -2.14. The van der Waals surface area contributed by atoms with Gasteiger partial charge in [-0.25, -0.2) is 4.39 Å². The fourth-order valence-electron chi connectivity index (χ4n) is 1.94. The lowest BCUT2D eigenvalue weighted by molar-refractivity contribution is 0.572. The summed E-state index contributed by atoms with van der Waals surface area (Å²) in [5.74, 6) is -0.173. The van der Waals surface area contributed by atoms with E-state index >= 15 is 0 Å². The molecule has 1 nitrogen and oxygen atoms in total. The van der Waals surface area contributed by atoms with E-state index in [1.807, 2.05) is 50.2 Å². The number of hydrogen-bond donors (Lipinski definition) is 1. The van der Waals surface area contributed by atoms with Crippen molar-refractivity contribution in [1.82, 2.24) is 5.32 Å². The maximum atomic E-state index is 14.2. The molecule has 2 aromatic rings. The van der Waals surface area contributed by atoms with Crippen LogP contribution in [0.25, 0.3) is 0 Å². The molecule has 4 heteroatoms. The summed E-state index contributed by atoms with van der Waals surface area (Å²) in [4.78, 5) is 1.66. The molecular formula is C16H17BrFNS. The molecule has 0 saturated heterocycles. The third-order valence-electron chi connectivity index (χ3n) is 3.02. The number of rotatable bonds is 5. The van der Waals surface area contributed by atoms with Crippen LogP contribution in [0.5, 0.6) is 0 Å². The zero-order chi connectivity index (χ0) is 14.5. The van der Waals surface area contributed by atoms with Gasteiger partial charge in [0.25, 0.3) is 0 Å². The van der Waals surface area contributed by atoms with E-state index < -0.39 is 0 Å². The molecule has 0 aliphatic rings. The zero-order valence-corrected chi connectivity index (χ0v) is 13.9. The van der Waals surface area contributed by atoms with Gasteiger partial charge in [0.05, 0.1) is 0 Å². The summed E-state index contributed by atoms with van der Waals surface area (Å²) in [6.07, 6.45) is 0. The second-order valence-electron chi connectivity index (χ2n) is 4.50. The molecule has 0 aromatic heterocycles. The molecule has 1 N–H and O–H groups in total. The van der Waals surface area contributed by atoms with Crippen molar-refractivity contribution in [2.75, 3.05) is 6.54 Å². The summed E-state index contributed by atoms with van der Waals surface area (Å²) < 4.78 is 15.2. The van der Waals surface area contributed by atoms with Crippen molar-refractivity contribution in [2.45, 2.75) is 29.7 Å². The molecule has 0 amide bonds. The largest absolute Gasteiger partial charge is 0.310 e. The van der Waals surface area contributed by atoms with Crippen LogP contribution in [0.4, 0.5) is 4.39 Å². The third kappa shape index (κ3) is 3.84. The molecule has 0 aliphatic carbocycles. The Balaban J connectivity index is 2.20. The highest BCUT2D eigenvalue weighted by molar-refractivity contribution is 9.10. The first-order chi connectivity index (χ1) is 9.61. The quantitative estimate of drug-likeness (QED) is 0.771. The normalized spacial score (nSPS) is 12.4. The predicted molar refractivity (Wildman–Crippen MR) is 86.8 cm³/mol. The number of halogens is 2. The molecule has 2 rings (SSSR count). The van der Waals surface area contributed by atoms with Gasteiger partial charge < -0.3 is 5.32 Å². The lowest BCUT2D eigenvalue weighted by Crippen LogP contribution is -2.17. The average Bonchev–Trinajstić information content (AvgIpc) is 2.43. The van der Waals surface area contributed by atoms with Gasteiger partial charge in [0, 0.05) is 20.3 Å². The minimum Gasteiger partial charge on any atom is -0.310 e. The molecule has 0 spiro atoms. The van der Waals surface area contributed by atoms with E-state index in [9.17, 15) is 4.39 Å². The Kier molecular flexibility index (Phi) is 5.64. The van der Waals surface area contributed by atoms with Crippen molar-refractivity contribution in [3.63, 3.8) is 0 Å². The topological polar surface area (TPSA) is 12.0 Å². The van der Waals surface area contributed by atoms with Crippen molar-refractivity contribution in [1.29, 1.82) is 0 Å². The summed E-state index contributed by atoms with van der Waals surface area (Å²) in [6.45, 7) is 4.96. The Morgan fingerprint density at radius 2 is 1.95 bits per heavy atom.